The molecule has 3 rings (SSSR count). The molecule has 1 fully saturated rings. The Bertz CT molecular complexity index is 708. The Kier molecular flexibility index (Phi) is 6.49. The maximum atomic E-state index is 12.2. The van der Waals surface area contributed by atoms with Gasteiger partial charge in [-0.05, 0) is 24.6 Å². The van der Waals surface area contributed by atoms with Gasteiger partial charge in [0.2, 0.25) is 5.95 Å². The van der Waals surface area contributed by atoms with Crippen molar-refractivity contribution in [3.05, 3.63) is 47.7 Å². The van der Waals surface area contributed by atoms with Crippen LogP contribution in [0.2, 0.25) is 5.02 Å². The molecule has 1 aromatic carbocycles. The lowest BCUT2D eigenvalue weighted by Crippen LogP contribution is -2.52. The second-order valence-electron chi connectivity index (χ2n) is 5.89. The van der Waals surface area contributed by atoms with E-state index in [-0.39, 0.29) is 6.03 Å². The van der Waals surface area contributed by atoms with Crippen LogP contribution in [0, 0.1) is 0 Å². The molecule has 7 nitrogen and oxygen atoms in total. The third-order valence-electron chi connectivity index (χ3n) is 4.09. The van der Waals surface area contributed by atoms with E-state index >= 15 is 0 Å². The molecular formula is C18H22ClN5O2. The van der Waals surface area contributed by atoms with Crippen molar-refractivity contribution in [2.24, 2.45) is 0 Å². The zero-order chi connectivity index (χ0) is 18.2. The van der Waals surface area contributed by atoms with Crippen LogP contribution in [0.4, 0.5) is 10.7 Å². The molecule has 0 saturated carbocycles. The number of nitrogens with zero attached hydrogens (tertiary/aromatic N) is 4. The number of hydrogen-bond donors (Lipinski definition) is 1. The highest BCUT2D eigenvalue weighted by atomic mass is 35.5. The summed E-state index contributed by atoms with van der Waals surface area (Å²) >= 11 is 6.03. The van der Waals surface area contributed by atoms with Crippen molar-refractivity contribution >= 4 is 23.6 Å². The Morgan fingerprint density at radius 3 is 2.58 bits per heavy atom. The molecule has 1 N–H and O–H groups in total. The first-order chi connectivity index (χ1) is 12.7. The highest BCUT2D eigenvalue weighted by Gasteiger charge is 2.21. The molecule has 2 amide bonds. The van der Waals surface area contributed by atoms with Crippen LogP contribution in [0.15, 0.2) is 42.7 Å². The number of benzene rings is 1. The van der Waals surface area contributed by atoms with Crippen LogP contribution in [0.3, 0.4) is 0 Å². The lowest BCUT2D eigenvalue weighted by atomic mass is 10.3. The molecule has 0 spiro atoms. The lowest BCUT2D eigenvalue weighted by Gasteiger charge is -2.34. The molecule has 0 unspecified atom stereocenters. The summed E-state index contributed by atoms with van der Waals surface area (Å²) < 4.78 is 5.61. The number of piperazine rings is 1. The Morgan fingerprint density at radius 2 is 1.85 bits per heavy atom. The van der Waals surface area contributed by atoms with Gasteiger partial charge in [0.1, 0.15) is 5.75 Å². The van der Waals surface area contributed by atoms with Crippen molar-refractivity contribution in [1.29, 1.82) is 0 Å². The van der Waals surface area contributed by atoms with Crippen LogP contribution in [0.25, 0.3) is 0 Å². The highest BCUT2D eigenvalue weighted by molar-refractivity contribution is 6.32. The molecule has 8 heteroatoms. The SMILES string of the molecule is O=C(NCCCOc1ccccc1Cl)N1CCN(c2ncccn2)CC1. The van der Waals surface area contributed by atoms with Gasteiger partial charge in [-0.15, -0.1) is 0 Å². The Hall–Kier alpha value is -2.54. The van der Waals surface area contributed by atoms with E-state index in [1.807, 2.05) is 23.1 Å². The number of aromatic nitrogens is 2. The number of halogens is 1. The highest BCUT2D eigenvalue weighted by Crippen LogP contribution is 2.22. The van der Waals surface area contributed by atoms with Crippen molar-refractivity contribution in [2.45, 2.75) is 6.42 Å². The number of anilines is 1. The van der Waals surface area contributed by atoms with E-state index in [0.29, 0.717) is 43.0 Å². The number of urea groups is 1. The second kappa shape index (κ2) is 9.24. The molecular weight excluding hydrogens is 354 g/mol. The summed E-state index contributed by atoms with van der Waals surface area (Å²) in [5, 5.41) is 3.53. The van der Waals surface area contributed by atoms with E-state index in [2.05, 4.69) is 20.2 Å². The van der Waals surface area contributed by atoms with Crippen LogP contribution in [0.1, 0.15) is 6.42 Å². The minimum absolute atomic E-state index is 0.0450. The first-order valence-corrected chi connectivity index (χ1v) is 9.04. The maximum absolute atomic E-state index is 12.2. The standard InChI is InChI=1S/C18H22ClN5O2/c19-15-5-1-2-6-16(15)26-14-4-9-22-18(25)24-12-10-23(11-13-24)17-20-7-3-8-21-17/h1-3,5-8H,4,9-14H2,(H,22,25). The van der Waals surface area contributed by atoms with Gasteiger partial charge in [-0.2, -0.15) is 0 Å². The fourth-order valence-corrected chi connectivity index (χ4v) is 2.88. The third kappa shape index (κ3) is 4.98. The number of carbonyl (C=O) groups is 1. The van der Waals surface area contributed by atoms with Gasteiger partial charge in [0, 0.05) is 45.1 Å². The second-order valence-corrected chi connectivity index (χ2v) is 6.29. The van der Waals surface area contributed by atoms with E-state index in [9.17, 15) is 4.79 Å². The zero-order valence-electron chi connectivity index (χ0n) is 14.5. The van der Waals surface area contributed by atoms with Gasteiger partial charge in [0.25, 0.3) is 0 Å². The molecule has 0 bridgehead atoms. The molecule has 0 aliphatic carbocycles. The number of nitrogens with one attached hydrogen (secondary N) is 1. The molecule has 1 saturated heterocycles. The van der Waals surface area contributed by atoms with E-state index in [4.69, 9.17) is 16.3 Å². The number of carbonyl (C=O) groups excluding carboxylic acids is 1. The average molecular weight is 376 g/mol. The van der Waals surface area contributed by atoms with Crippen molar-refractivity contribution in [1.82, 2.24) is 20.2 Å². The van der Waals surface area contributed by atoms with Crippen molar-refractivity contribution in [2.75, 3.05) is 44.2 Å². The summed E-state index contributed by atoms with van der Waals surface area (Å²) in [6.45, 7) is 3.83. The Balaban J connectivity index is 1.33. The molecule has 138 valence electrons. The molecule has 2 aromatic rings. The monoisotopic (exact) mass is 375 g/mol. The van der Waals surface area contributed by atoms with Gasteiger partial charge in [0.15, 0.2) is 0 Å². The molecule has 1 aromatic heterocycles. The average Bonchev–Trinajstić information content (AvgIpc) is 2.70. The van der Waals surface area contributed by atoms with Crippen molar-refractivity contribution in [3.63, 3.8) is 0 Å². The van der Waals surface area contributed by atoms with Gasteiger partial charge in [-0.1, -0.05) is 23.7 Å². The van der Waals surface area contributed by atoms with Gasteiger partial charge < -0.3 is 19.9 Å². The normalized spacial score (nSPS) is 14.2. The van der Waals surface area contributed by atoms with Gasteiger partial charge >= 0.3 is 6.03 Å². The molecule has 2 heterocycles. The van der Waals surface area contributed by atoms with Crippen LogP contribution >= 0.6 is 11.6 Å². The van der Waals surface area contributed by atoms with E-state index < -0.39 is 0 Å². The molecule has 0 radical (unpaired) electrons. The molecule has 0 atom stereocenters. The number of rotatable bonds is 6. The van der Waals surface area contributed by atoms with Crippen molar-refractivity contribution in [3.8, 4) is 5.75 Å². The first kappa shape index (κ1) is 18.3. The fourth-order valence-electron chi connectivity index (χ4n) is 2.69. The van der Waals surface area contributed by atoms with E-state index in [0.717, 1.165) is 19.5 Å². The summed E-state index contributed by atoms with van der Waals surface area (Å²) in [6, 6.07) is 9.11. The summed E-state index contributed by atoms with van der Waals surface area (Å²) in [4.78, 5) is 24.6. The van der Waals surface area contributed by atoms with Gasteiger partial charge in [-0.25, -0.2) is 14.8 Å². The maximum Gasteiger partial charge on any atom is 0.317 e. The molecule has 1 aliphatic rings. The number of hydrogen-bond acceptors (Lipinski definition) is 5. The quantitative estimate of drug-likeness (QED) is 0.785. The Morgan fingerprint density at radius 1 is 1.12 bits per heavy atom. The number of amides is 2. The zero-order valence-corrected chi connectivity index (χ0v) is 15.2. The van der Waals surface area contributed by atoms with Crippen LogP contribution in [-0.4, -0.2) is 60.2 Å². The summed E-state index contributed by atoms with van der Waals surface area (Å²) in [7, 11) is 0. The lowest BCUT2D eigenvalue weighted by molar-refractivity contribution is 0.193. The van der Waals surface area contributed by atoms with Crippen LogP contribution in [-0.2, 0) is 0 Å². The summed E-state index contributed by atoms with van der Waals surface area (Å²) in [6.07, 6.45) is 4.17. The first-order valence-electron chi connectivity index (χ1n) is 8.66. The van der Waals surface area contributed by atoms with Crippen LogP contribution < -0.4 is 15.0 Å². The summed E-state index contributed by atoms with van der Waals surface area (Å²) in [5.41, 5.74) is 0. The van der Waals surface area contributed by atoms with Crippen molar-refractivity contribution < 1.29 is 9.53 Å². The number of ether oxygens (including phenoxy) is 1. The largest absolute Gasteiger partial charge is 0.492 e. The minimum atomic E-state index is -0.0450. The topological polar surface area (TPSA) is 70.6 Å². The predicted octanol–water partition coefficient (Wildman–Crippen LogP) is 2.43. The fraction of sp³-hybridized carbons (Fsp3) is 0.389. The molecule has 1 aliphatic heterocycles. The van der Waals surface area contributed by atoms with Gasteiger partial charge in [-0.3, -0.25) is 0 Å². The minimum Gasteiger partial charge on any atom is -0.492 e. The number of para-hydroxylation sites is 1. The third-order valence-corrected chi connectivity index (χ3v) is 4.41. The predicted molar refractivity (Wildman–Crippen MR) is 101 cm³/mol. The smallest absolute Gasteiger partial charge is 0.317 e. The van der Waals surface area contributed by atoms with E-state index in [1.165, 1.54) is 0 Å². The van der Waals surface area contributed by atoms with Gasteiger partial charge in [0.05, 0.1) is 11.6 Å². The molecule has 26 heavy (non-hydrogen) atoms. The summed E-state index contributed by atoms with van der Waals surface area (Å²) in [5.74, 6) is 1.38. The van der Waals surface area contributed by atoms with E-state index in [1.54, 1.807) is 24.5 Å². The Labute approximate surface area is 157 Å². The van der Waals surface area contributed by atoms with Crippen LogP contribution in [0.5, 0.6) is 5.75 Å².